The Balaban J connectivity index is 2.67. The van der Waals surface area contributed by atoms with Crippen LogP contribution in [0.25, 0.3) is 11.1 Å². The highest BCUT2D eigenvalue weighted by Gasteiger charge is 2.10. The van der Waals surface area contributed by atoms with Crippen LogP contribution in [-0.4, -0.2) is 6.29 Å². The molecular weight excluding hydrogens is 262 g/mol. The van der Waals surface area contributed by atoms with E-state index in [-0.39, 0.29) is 5.56 Å². The van der Waals surface area contributed by atoms with Crippen molar-refractivity contribution in [2.45, 2.75) is 0 Å². The summed E-state index contributed by atoms with van der Waals surface area (Å²) in [6.07, 6.45) is 0.593. The van der Waals surface area contributed by atoms with Gasteiger partial charge in [-0.25, -0.2) is 4.39 Å². The first-order valence-electron chi connectivity index (χ1n) is 4.82. The number of aldehydes is 1. The smallest absolute Gasteiger partial charge is 0.150 e. The highest BCUT2D eigenvalue weighted by molar-refractivity contribution is 6.35. The largest absolute Gasteiger partial charge is 0.298 e. The first kappa shape index (κ1) is 12.1. The van der Waals surface area contributed by atoms with Crippen LogP contribution in [-0.2, 0) is 0 Å². The van der Waals surface area contributed by atoms with Crippen molar-refractivity contribution in [1.29, 1.82) is 0 Å². The van der Waals surface area contributed by atoms with Crippen LogP contribution in [0.5, 0.6) is 0 Å². The molecule has 0 aliphatic carbocycles. The summed E-state index contributed by atoms with van der Waals surface area (Å²) in [6.45, 7) is 0. The maximum absolute atomic E-state index is 13.0. The summed E-state index contributed by atoms with van der Waals surface area (Å²) in [4.78, 5) is 10.9. The number of benzene rings is 2. The van der Waals surface area contributed by atoms with Crippen LogP contribution in [0.15, 0.2) is 36.4 Å². The first-order chi connectivity index (χ1) is 8.11. The van der Waals surface area contributed by atoms with Crippen LogP contribution < -0.4 is 0 Å². The van der Waals surface area contributed by atoms with Crippen LogP contribution in [0.1, 0.15) is 10.4 Å². The summed E-state index contributed by atoms with van der Waals surface area (Å²) in [5.74, 6) is -0.464. The molecule has 0 atom stereocenters. The van der Waals surface area contributed by atoms with E-state index >= 15 is 0 Å². The van der Waals surface area contributed by atoms with Crippen molar-refractivity contribution in [1.82, 2.24) is 0 Å². The fraction of sp³-hybridized carbons (Fsp3) is 0. The predicted octanol–water partition coefficient (Wildman–Crippen LogP) is 4.61. The standard InChI is InChI=1S/C13H7Cl2FO/c14-9-1-4-13(15)12(6-9)11-3-2-10(16)5-8(11)7-17/h1-7H. The van der Waals surface area contributed by atoms with E-state index in [1.54, 1.807) is 18.2 Å². The van der Waals surface area contributed by atoms with Crippen molar-refractivity contribution >= 4 is 29.5 Å². The quantitative estimate of drug-likeness (QED) is 0.727. The fourth-order valence-corrected chi connectivity index (χ4v) is 1.97. The molecular formula is C13H7Cl2FO. The van der Waals surface area contributed by atoms with Gasteiger partial charge in [0, 0.05) is 21.2 Å². The molecule has 0 saturated carbocycles. The van der Waals surface area contributed by atoms with Crippen molar-refractivity contribution in [2.75, 3.05) is 0 Å². The average molecular weight is 269 g/mol. The van der Waals surface area contributed by atoms with Gasteiger partial charge in [-0.15, -0.1) is 0 Å². The molecule has 0 heterocycles. The number of carbonyl (C=O) groups excluding carboxylic acids is 1. The van der Waals surface area contributed by atoms with Crippen molar-refractivity contribution in [3.05, 3.63) is 57.8 Å². The van der Waals surface area contributed by atoms with E-state index < -0.39 is 5.82 Å². The van der Waals surface area contributed by atoms with Gasteiger partial charge in [-0.2, -0.15) is 0 Å². The van der Waals surface area contributed by atoms with Gasteiger partial charge in [0.2, 0.25) is 0 Å². The van der Waals surface area contributed by atoms with Crippen molar-refractivity contribution in [2.24, 2.45) is 0 Å². The molecule has 2 aromatic carbocycles. The van der Waals surface area contributed by atoms with Gasteiger partial charge < -0.3 is 0 Å². The lowest BCUT2D eigenvalue weighted by Crippen LogP contribution is -1.90. The molecule has 86 valence electrons. The third-order valence-corrected chi connectivity index (χ3v) is 2.92. The SMILES string of the molecule is O=Cc1cc(F)ccc1-c1cc(Cl)ccc1Cl. The Morgan fingerprint density at radius 3 is 2.47 bits per heavy atom. The van der Waals surface area contributed by atoms with E-state index in [2.05, 4.69) is 0 Å². The Morgan fingerprint density at radius 1 is 1.00 bits per heavy atom. The highest BCUT2D eigenvalue weighted by atomic mass is 35.5. The Labute approximate surface area is 108 Å². The number of hydrogen-bond donors (Lipinski definition) is 0. The zero-order valence-corrected chi connectivity index (χ0v) is 10.1. The summed E-state index contributed by atoms with van der Waals surface area (Å²) in [5.41, 5.74) is 1.42. The van der Waals surface area contributed by atoms with Gasteiger partial charge >= 0.3 is 0 Å². The molecule has 0 spiro atoms. The number of carbonyl (C=O) groups is 1. The molecule has 0 unspecified atom stereocenters. The summed E-state index contributed by atoms with van der Waals surface area (Å²) in [6, 6.07) is 8.88. The van der Waals surface area contributed by atoms with Gasteiger partial charge in [0.15, 0.2) is 6.29 Å². The molecule has 17 heavy (non-hydrogen) atoms. The molecule has 4 heteroatoms. The van der Waals surface area contributed by atoms with Crippen LogP contribution in [0.2, 0.25) is 10.0 Å². The minimum atomic E-state index is -0.464. The summed E-state index contributed by atoms with van der Waals surface area (Å²) >= 11 is 11.9. The van der Waals surface area contributed by atoms with Crippen LogP contribution in [0.4, 0.5) is 4.39 Å². The molecule has 2 rings (SSSR count). The van der Waals surface area contributed by atoms with E-state index in [0.717, 1.165) is 0 Å². The fourth-order valence-electron chi connectivity index (χ4n) is 1.58. The molecule has 0 amide bonds. The molecule has 0 saturated heterocycles. The van der Waals surface area contributed by atoms with E-state index in [1.165, 1.54) is 18.2 Å². The maximum Gasteiger partial charge on any atom is 0.150 e. The lowest BCUT2D eigenvalue weighted by atomic mass is 10.0. The van der Waals surface area contributed by atoms with Gasteiger partial charge in [-0.3, -0.25) is 4.79 Å². The van der Waals surface area contributed by atoms with Gasteiger partial charge in [0.25, 0.3) is 0 Å². The molecule has 0 fully saturated rings. The molecule has 0 aliphatic rings. The molecule has 0 aromatic heterocycles. The van der Waals surface area contributed by atoms with E-state index in [0.29, 0.717) is 27.5 Å². The second-order valence-electron chi connectivity index (χ2n) is 3.47. The monoisotopic (exact) mass is 268 g/mol. The minimum absolute atomic E-state index is 0.245. The van der Waals surface area contributed by atoms with Gasteiger partial charge in [0.1, 0.15) is 5.82 Å². The second kappa shape index (κ2) is 4.86. The predicted molar refractivity (Wildman–Crippen MR) is 67.2 cm³/mol. The Hall–Kier alpha value is -1.38. The third-order valence-electron chi connectivity index (χ3n) is 2.36. The Kier molecular flexibility index (Phi) is 3.46. The summed E-state index contributed by atoms with van der Waals surface area (Å²) in [7, 11) is 0. The Bertz CT molecular complexity index is 582. The molecule has 1 nitrogen and oxygen atoms in total. The molecule has 0 radical (unpaired) electrons. The van der Waals surface area contributed by atoms with Crippen LogP contribution in [0, 0.1) is 5.82 Å². The molecule has 0 N–H and O–H groups in total. The van der Waals surface area contributed by atoms with Gasteiger partial charge in [-0.05, 0) is 35.9 Å². The second-order valence-corrected chi connectivity index (χ2v) is 4.32. The average Bonchev–Trinajstić information content (AvgIpc) is 2.32. The van der Waals surface area contributed by atoms with E-state index in [9.17, 15) is 9.18 Å². The zero-order valence-electron chi connectivity index (χ0n) is 8.58. The summed E-state index contributed by atoms with van der Waals surface area (Å²) in [5, 5.41) is 0.967. The normalized spacial score (nSPS) is 10.3. The van der Waals surface area contributed by atoms with Crippen LogP contribution >= 0.6 is 23.2 Å². The van der Waals surface area contributed by atoms with Crippen molar-refractivity contribution < 1.29 is 9.18 Å². The summed E-state index contributed by atoms with van der Waals surface area (Å²) < 4.78 is 13.0. The molecule has 0 aliphatic heterocycles. The van der Waals surface area contributed by atoms with Crippen molar-refractivity contribution in [3.8, 4) is 11.1 Å². The minimum Gasteiger partial charge on any atom is -0.298 e. The van der Waals surface area contributed by atoms with Gasteiger partial charge in [-0.1, -0.05) is 29.3 Å². The zero-order chi connectivity index (χ0) is 12.4. The van der Waals surface area contributed by atoms with Crippen LogP contribution in [0.3, 0.4) is 0 Å². The maximum atomic E-state index is 13.0. The lowest BCUT2D eigenvalue weighted by Gasteiger charge is -2.08. The number of halogens is 3. The number of hydrogen-bond acceptors (Lipinski definition) is 1. The van der Waals surface area contributed by atoms with E-state index in [4.69, 9.17) is 23.2 Å². The molecule has 0 bridgehead atoms. The Morgan fingerprint density at radius 2 is 1.76 bits per heavy atom. The van der Waals surface area contributed by atoms with Crippen molar-refractivity contribution in [3.63, 3.8) is 0 Å². The number of rotatable bonds is 2. The lowest BCUT2D eigenvalue weighted by molar-refractivity contribution is 0.112. The van der Waals surface area contributed by atoms with E-state index in [1.807, 2.05) is 0 Å². The topological polar surface area (TPSA) is 17.1 Å². The highest BCUT2D eigenvalue weighted by Crippen LogP contribution is 2.32. The first-order valence-corrected chi connectivity index (χ1v) is 5.57. The molecule has 2 aromatic rings. The van der Waals surface area contributed by atoms with Gasteiger partial charge in [0.05, 0.1) is 0 Å². The third kappa shape index (κ3) is 2.48.